The van der Waals surface area contributed by atoms with Gasteiger partial charge in [-0.2, -0.15) is 0 Å². The fourth-order valence-electron chi connectivity index (χ4n) is 9.13. The fourth-order valence-corrected chi connectivity index (χ4v) is 9.13. The Labute approximate surface area is 193 Å². The highest BCUT2D eigenvalue weighted by atomic mass is 16.3. The van der Waals surface area contributed by atoms with E-state index in [4.69, 9.17) is 0 Å². The summed E-state index contributed by atoms with van der Waals surface area (Å²) in [7, 11) is 0. The van der Waals surface area contributed by atoms with E-state index in [0.717, 1.165) is 42.9 Å². The van der Waals surface area contributed by atoms with E-state index in [0.29, 0.717) is 17.3 Å². The Morgan fingerprint density at radius 1 is 0.968 bits per heavy atom. The number of hydrogen-bond acceptors (Lipinski definition) is 1. The molecule has 176 valence electrons. The van der Waals surface area contributed by atoms with Gasteiger partial charge in [-0.25, -0.2) is 0 Å². The van der Waals surface area contributed by atoms with E-state index in [1.165, 1.54) is 44.1 Å². The third-order valence-electron chi connectivity index (χ3n) is 11.6. The first kappa shape index (κ1) is 23.6. The molecular weight excluding hydrogens is 376 g/mol. The van der Waals surface area contributed by atoms with Gasteiger partial charge >= 0.3 is 0 Å². The molecule has 0 heterocycles. The van der Waals surface area contributed by atoms with E-state index in [2.05, 4.69) is 61.1 Å². The van der Waals surface area contributed by atoms with Crippen molar-refractivity contribution < 1.29 is 5.11 Å². The van der Waals surface area contributed by atoms with Crippen LogP contribution in [0.1, 0.15) is 106 Å². The molecule has 1 heteroatoms. The normalized spacial score (nSPS) is 51.3. The van der Waals surface area contributed by atoms with Crippen LogP contribution in [-0.4, -0.2) is 11.2 Å². The van der Waals surface area contributed by atoms with E-state index in [-0.39, 0.29) is 16.9 Å². The first-order chi connectivity index (χ1) is 14.4. The lowest BCUT2D eigenvalue weighted by molar-refractivity contribution is -0.123. The minimum atomic E-state index is -0.153. The molecule has 31 heavy (non-hydrogen) atoms. The number of aliphatic hydroxyl groups is 1. The van der Waals surface area contributed by atoms with Gasteiger partial charge in [0.05, 0.1) is 6.10 Å². The van der Waals surface area contributed by atoms with Crippen molar-refractivity contribution in [1.29, 1.82) is 0 Å². The summed E-state index contributed by atoms with van der Waals surface area (Å²) >= 11 is 0. The molecule has 1 N–H and O–H groups in total. The van der Waals surface area contributed by atoms with Crippen molar-refractivity contribution in [1.82, 2.24) is 0 Å². The zero-order chi connectivity index (χ0) is 22.8. The van der Waals surface area contributed by atoms with Crippen LogP contribution >= 0.6 is 0 Å². The largest absolute Gasteiger partial charge is 0.393 e. The number of allylic oxidation sites excluding steroid dienone is 3. The Morgan fingerprint density at radius 2 is 1.65 bits per heavy atom. The van der Waals surface area contributed by atoms with Crippen LogP contribution in [0.5, 0.6) is 0 Å². The molecule has 0 aliphatic heterocycles. The second kappa shape index (κ2) is 8.03. The molecule has 0 unspecified atom stereocenters. The smallest absolute Gasteiger partial charge is 0.0594 e. The summed E-state index contributed by atoms with van der Waals surface area (Å²) in [4.78, 5) is 0. The van der Waals surface area contributed by atoms with Crippen LogP contribution in [0.25, 0.3) is 0 Å². The highest BCUT2D eigenvalue weighted by molar-refractivity contribution is 5.24. The molecule has 4 rings (SSSR count). The maximum absolute atomic E-state index is 10.8. The van der Waals surface area contributed by atoms with Crippen molar-refractivity contribution in [3.8, 4) is 0 Å². The topological polar surface area (TPSA) is 20.2 Å². The summed E-state index contributed by atoms with van der Waals surface area (Å²) in [5, 5.41) is 10.8. The molecule has 0 radical (unpaired) electrons. The Balaban J connectivity index is 1.64. The molecular formula is C30H50O. The molecule has 0 spiro atoms. The first-order valence-corrected chi connectivity index (χ1v) is 13.5. The molecule has 4 aliphatic carbocycles. The Kier molecular flexibility index (Phi) is 6.11. The van der Waals surface area contributed by atoms with Crippen molar-refractivity contribution in [2.75, 3.05) is 0 Å². The van der Waals surface area contributed by atoms with Crippen LogP contribution in [0.3, 0.4) is 0 Å². The van der Waals surface area contributed by atoms with E-state index in [1.54, 1.807) is 5.57 Å². The Hall–Kier alpha value is -0.560. The number of rotatable bonds is 2. The van der Waals surface area contributed by atoms with Gasteiger partial charge in [-0.05, 0) is 110 Å². The summed E-state index contributed by atoms with van der Waals surface area (Å²) in [5.41, 5.74) is 4.09. The minimum absolute atomic E-state index is 0.0170. The van der Waals surface area contributed by atoms with E-state index in [1.807, 2.05) is 0 Å². The molecule has 4 fully saturated rings. The summed E-state index contributed by atoms with van der Waals surface area (Å²) in [5.74, 6) is 4.32. The van der Waals surface area contributed by atoms with Gasteiger partial charge in [-0.15, -0.1) is 0 Å². The molecule has 4 saturated carbocycles. The number of aliphatic hydroxyl groups excluding tert-OH is 1. The predicted octanol–water partition coefficient (Wildman–Crippen LogP) is 8.19. The molecule has 0 bridgehead atoms. The molecule has 9 atom stereocenters. The van der Waals surface area contributed by atoms with Gasteiger partial charge in [0.15, 0.2) is 0 Å². The van der Waals surface area contributed by atoms with Gasteiger partial charge < -0.3 is 5.11 Å². The van der Waals surface area contributed by atoms with Gasteiger partial charge in [-0.3, -0.25) is 0 Å². The van der Waals surface area contributed by atoms with Crippen molar-refractivity contribution >= 4 is 0 Å². The van der Waals surface area contributed by atoms with Gasteiger partial charge in [0.2, 0.25) is 0 Å². The molecule has 4 aliphatic rings. The predicted molar refractivity (Wildman–Crippen MR) is 133 cm³/mol. The molecule has 0 aromatic carbocycles. The van der Waals surface area contributed by atoms with Gasteiger partial charge in [0.1, 0.15) is 0 Å². The summed E-state index contributed by atoms with van der Waals surface area (Å²) in [6, 6.07) is 0. The lowest BCUT2D eigenvalue weighted by atomic mass is 9.46. The van der Waals surface area contributed by atoms with Gasteiger partial charge in [-0.1, -0.05) is 72.3 Å². The number of hydrogen-bond donors (Lipinski definition) is 1. The Morgan fingerprint density at radius 3 is 2.35 bits per heavy atom. The van der Waals surface area contributed by atoms with Gasteiger partial charge in [0, 0.05) is 0 Å². The minimum Gasteiger partial charge on any atom is -0.393 e. The summed E-state index contributed by atoms with van der Waals surface area (Å²) in [6.07, 6.45) is 13.8. The molecule has 1 nitrogen and oxygen atoms in total. The Bertz CT molecular complexity index is 727. The first-order valence-electron chi connectivity index (χ1n) is 13.5. The van der Waals surface area contributed by atoms with Crippen molar-refractivity contribution in [2.24, 2.45) is 51.8 Å². The average molecular weight is 427 g/mol. The highest BCUT2D eigenvalue weighted by Gasteiger charge is 2.56. The highest BCUT2D eigenvalue weighted by Crippen LogP contribution is 2.62. The van der Waals surface area contributed by atoms with Crippen LogP contribution in [0.2, 0.25) is 0 Å². The second-order valence-corrected chi connectivity index (χ2v) is 13.6. The lowest BCUT2D eigenvalue weighted by Crippen LogP contribution is -2.54. The molecule has 0 aromatic rings. The zero-order valence-corrected chi connectivity index (χ0v) is 21.6. The zero-order valence-electron chi connectivity index (χ0n) is 21.6. The van der Waals surface area contributed by atoms with E-state index >= 15 is 0 Å². The fraction of sp³-hybridized carbons (Fsp3) is 0.867. The van der Waals surface area contributed by atoms with Crippen LogP contribution in [0.4, 0.5) is 0 Å². The molecule has 0 amide bonds. The van der Waals surface area contributed by atoms with Crippen LogP contribution in [-0.2, 0) is 0 Å². The van der Waals surface area contributed by atoms with Crippen molar-refractivity contribution in [2.45, 2.75) is 112 Å². The summed E-state index contributed by atoms with van der Waals surface area (Å²) < 4.78 is 0. The quantitative estimate of drug-likeness (QED) is 0.441. The monoisotopic (exact) mass is 426 g/mol. The maximum atomic E-state index is 10.8. The van der Waals surface area contributed by atoms with E-state index < -0.39 is 0 Å². The van der Waals surface area contributed by atoms with Crippen LogP contribution in [0.15, 0.2) is 23.8 Å². The number of fused-ring (bicyclic) bond motifs is 2. The van der Waals surface area contributed by atoms with E-state index in [9.17, 15) is 5.11 Å². The standard InChI is InChI=1S/C30H50O/c1-19-13-16-29(7)17-14-20(2)23(27(29)22(19)4)10-11-24-21(3)9-12-25-28(5,6)26(31)15-18-30(24,25)8/h10,19-20,22,24-27,31H,3,9,11-18H2,1-2,4-8H3/b23-10+/t19-,20+,22+,24+,25+,26+,27+,29-,30-/m1/s1. The van der Waals surface area contributed by atoms with Crippen LogP contribution < -0.4 is 0 Å². The van der Waals surface area contributed by atoms with Crippen molar-refractivity contribution in [3.05, 3.63) is 23.8 Å². The van der Waals surface area contributed by atoms with Crippen LogP contribution in [0, 0.1) is 51.8 Å². The van der Waals surface area contributed by atoms with Gasteiger partial charge in [0.25, 0.3) is 0 Å². The third-order valence-corrected chi connectivity index (χ3v) is 11.6. The third kappa shape index (κ3) is 3.70. The molecule has 0 aromatic heterocycles. The SMILES string of the molecule is C=C1CC[C@H]2C(C)(C)[C@@H](O)CC[C@]2(C)[C@H]1C/C=C1/[C@@H]2[C@@H](C)[C@H](C)CC[C@]2(C)CC[C@@H]1C. The second-order valence-electron chi connectivity index (χ2n) is 13.6. The molecule has 0 saturated heterocycles. The average Bonchev–Trinajstić information content (AvgIpc) is 2.70. The van der Waals surface area contributed by atoms with Crippen molar-refractivity contribution in [3.63, 3.8) is 0 Å². The maximum Gasteiger partial charge on any atom is 0.0594 e. The summed E-state index contributed by atoms with van der Waals surface area (Å²) in [6.45, 7) is 21.9. The lowest BCUT2D eigenvalue weighted by Gasteiger charge is -2.59.